The Labute approximate surface area is 88.1 Å². The van der Waals surface area contributed by atoms with Crippen molar-refractivity contribution in [2.75, 3.05) is 0 Å². The van der Waals surface area contributed by atoms with E-state index in [0.29, 0.717) is 16.7 Å². The van der Waals surface area contributed by atoms with Crippen molar-refractivity contribution in [3.05, 3.63) is 23.8 Å². The fraction of sp³-hybridized carbons (Fsp3) is 0.714. The average Bonchev–Trinajstić information content (AvgIpc) is 2.10. The van der Waals surface area contributed by atoms with Crippen LogP contribution in [-0.4, -0.2) is 0 Å². The lowest BCUT2D eigenvalue weighted by Crippen LogP contribution is -2.53. The summed E-state index contributed by atoms with van der Waals surface area (Å²) in [5, 5.41) is 0. The van der Waals surface area contributed by atoms with Gasteiger partial charge in [0.15, 0.2) is 0 Å². The maximum atomic E-state index is 4.16. The molecule has 2 atom stereocenters. The highest BCUT2D eigenvalue weighted by Gasteiger charge is 2.57. The summed E-state index contributed by atoms with van der Waals surface area (Å²) >= 11 is 0. The van der Waals surface area contributed by atoms with E-state index in [1.165, 1.54) is 24.8 Å². The molecule has 1 spiro atoms. The molecule has 2 rings (SSSR count). The lowest BCUT2D eigenvalue weighted by molar-refractivity contribution is -0.00336. The van der Waals surface area contributed by atoms with Gasteiger partial charge < -0.3 is 0 Å². The van der Waals surface area contributed by atoms with E-state index in [9.17, 15) is 0 Å². The Balaban J connectivity index is 2.44. The minimum atomic E-state index is 0.447. The standard InChI is InChI=1S/C14H22/c1-10-9-14(12(10)3)11(2)7-6-8-13(14,4)5/h7,12H,1,6,8-9H2,2-5H3. The molecule has 2 aliphatic carbocycles. The van der Waals surface area contributed by atoms with Gasteiger partial charge >= 0.3 is 0 Å². The molecule has 0 saturated heterocycles. The lowest BCUT2D eigenvalue weighted by Gasteiger charge is -2.61. The second-order valence-corrected chi connectivity index (χ2v) is 5.84. The van der Waals surface area contributed by atoms with Crippen LogP contribution in [0.15, 0.2) is 23.8 Å². The summed E-state index contributed by atoms with van der Waals surface area (Å²) in [7, 11) is 0. The number of hydrogen-bond donors (Lipinski definition) is 0. The van der Waals surface area contributed by atoms with E-state index < -0.39 is 0 Å². The number of allylic oxidation sites excluding steroid dienone is 3. The van der Waals surface area contributed by atoms with Gasteiger partial charge in [-0.25, -0.2) is 0 Å². The molecule has 78 valence electrons. The third-order valence-corrected chi connectivity index (χ3v) is 4.99. The van der Waals surface area contributed by atoms with Gasteiger partial charge in [0, 0.05) is 5.41 Å². The average molecular weight is 190 g/mol. The maximum absolute atomic E-state index is 4.16. The molecular weight excluding hydrogens is 168 g/mol. The van der Waals surface area contributed by atoms with Gasteiger partial charge in [-0.1, -0.05) is 44.6 Å². The van der Waals surface area contributed by atoms with Gasteiger partial charge in [-0.05, 0) is 37.5 Å². The molecule has 0 heteroatoms. The highest BCUT2D eigenvalue weighted by Crippen LogP contribution is 2.66. The molecule has 1 saturated carbocycles. The zero-order valence-electron chi connectivity index (χ0n) is 9.98. The predicted molar refractivity (Wildman–Crippen MR) is 62.1 cm³/mol. The van der Waals surface area contributed by atoms with Crippen molar-refractivity contribution < 1.29 is 0 Å². The summed E-state index contributed by atoms with van der Waals surface area (Å²) < 4.78 is 0. The molecule has 0 bridgehead atoms. The normalized spacial score (nSPS) is 40.7. The van der Waals surface area contributed by atoms with Gasteiger partial charge in [0.05, 0.1) is 0 Å². The van der Waals surface area contributed by atoms with Gasteiger partial charge in [-0.2, -0.15) is 0 Å². The summed E-state index contributed by atoms with van der Waals surface area (Å²) in [4.78, 5) is 0. The summed E-state index contributed by atoms with van der Waals surface area (Å²) in [6.07, 6.45) is 6.28. The second kappa shape index (κ2) is 2.74. The second-order valence-electron chi connectivity index (χ2n) is 5.84. The lowest BCUT2D eigenvalue weighted by atomic mass is 9.42. The Kier molecular flexibility index (Phi) is 1.96. The predicted octanol–water partition coefficient (Wildman–Crippen LogP) is 4.34. The van der Waals surface area contributed by atoms with Crippen molar-refractivity contribution in [3.8, 4) is 0 Å². The Hall–Kier alpha value is -0.520. The van der Waals surface area contributed by atoms with Gasteiger partial charge in [0.1, 0.15) is 0 Å². The topological polar surface area (TPSA) is 0 Å². The van der Waals surface area contributed by atoms with Gasteiger partial charge in [-0.3, -0.25) is 0 Å². The number of rotatable bonds is 0. The molecule has 2 unspecified atom stereocenters. The largest absolute Gasteiger partial charge is 0.0995 e. The zero-order chi connectivity index (χ0) is 10.6. The van der Waals surface area contributed by atoms with Crippen LogP contribution in [0.4, 0.5) is 0 Å². The first-order chi connectivity index (χ1) is 6.42. The molecule has 0 heterocycles. The van der Waals surface area contributed by atoms with Crippen molar-refractivity contribution in [1.82, 2.24) is 0 Å². The molecule has 0 aromatic carbocycles. The fourth-order valence-electron chi connectivity index (χ4n) is 3.78. The molecule has 2 aliphatic rings. The van der Waals surface area contributed by atoms with Crippen molar-refractivity contribution >= 4 is 0 Å². The van der Waals surface area contributed by atoms with Crippen LogP contribution in [0.3, 0.4) is 0 Å². The van der Waals surface area contributed by atoms with Gasteiger partial charge in [0.2, 0.25) is 0 Å². The van der Waals surface area contributed by atoms with Crippen LogP contribution in [-0.2, 0) is 0 Å². The van der Waals surface area contributed by atoms with Crippen LogP contribution in [0.1, 0.15) is 47.0 Å². The van der Waals surface area contributed by atoms with Crippen LogP contribution in [0, 0.1) is 16.7 Å². The molecule has 14 heavy (non-hydrogen) atoms. The van der Waals surface area contributed by atoms with E-state index in [0.717, 1.165) is 0 Å². The zero-order valence-corrected chi connectivity index (χ0v) is 9.98. The van der Waals surface area contributed by atoms with Crippen molar-refractivity contribution in [2.24, 2.45) is 16.7 Å². The van der Waals surface area contributed by atoms with Crippen molar-refractivity contribution in [3.63, 3.8) is 0 Å². The van der Waals surface area contributed by atoms with E-state index in [4.69, 9.17) is 0 Å². The van der Waals surface area contributed by atoms with Crippen LogP contribution >= 0.6 is 0 Å². The quantitative estimate of drug-likeness (QED) is 0.499. The van der Waals surface area contributed by atoms with E-state index in [2.05, 4.69) is 40.3 Å². The Morgan fingerprint density at radius 2 is 2.07 bits per heavy atom. The van der Waals surface area contributed by atoms with Gasteiger partial charge in [-0.15, -0.1) is 0 Å². The summed E-state index contributed by atoms with van der Waals surface area (Å²) in [5.74, 6) is 0.689. The Morgan fingerprint density at radius 3 is 2.50 bits per heavy atom. The first-order valence-electron chi connectivity index (χ1n) is 5.77. The molecule has 0 aromatic rings. The third-order valence-electron chi connectivity index (χ3n) is 4.99. The van der Waals surface area contributed by atoms with Crippen LogP contribution in [0.5, 0.6) is 0 Å². The molecular formula is C14H22. The molecule has 0 amide bonds. The molecule has 1 fully saturated rings. The monoisotopic (exact) mass is 190 g/mol. The molecule has 0 radical (unpaired) electrons. The van der Waals surface area contributed by atoms with Gasteiger partial charge in [0.25, 0.3) is 0 Å². The van der Waals surface area contributed by atoms with E-state index >= 15 is 0 Å². The molecule has 0 nitrogen and oxygen atoms in total. The minimum absolute atomic E-state index is 0.447. The fourth-order valence-corrected chi connectivity index (χ4v) is 3.78. The van der Waals surface area contributed by atoms with E-state index in [1.54, 1.807) is 5.57 Å². The van der Waals surface area contributed by atoms with E-state index in [-0.39, 0.29) is 0 Å². The molecule has 0 aromatic heterocycles. The van der Waals surface area contributed by atoms with Crippen LogP contribution in [0.2, 0.25) is 0 Å². The Bertz CT molecular complexity index is 306. The highest BCUT2D eigenvalue weighted by molar-refractivity contribution is 5.36. The first kappa shape index (κ1) is 10.0. The first-order valence-corrected chi connectivity index (χ1v) is 5.77. The summed E-state index contributed by atoms with van der Waals surface area (Å²) in [6.45, 7) is 13.7. The highest BCUT2D eigenvalue weighted by atomic mass is 14.6. The molecule has 0 aliphatic heterocycles. The smallest absolute Gasteiger partial charge is 0.00600 e. The van der Waals surface area contributed by atoms with Crippen molar-refractivity contribution in [2.45, 2.75) is 47.0 Å². The van der Waals surface area contributed by atoms with Crippen molar-refractivity contribution in [1.29, 1.82) is 0 Å². The third kappa shape index (κ3) is 0.947. The summed E-state index contributed by atoms with van der Waals surface area (Å²) in [6, 6.07) is 0. The maximum Gasteiger partial charge on any atom is 0.00600 e. The number of hydrogen-bond acceptors (Lipinski definition) is 0. The van der Waals surface area contributed by atoms with E-state index in [1.807, 2.05) is 0 Å². The van der Waals surface area contributed by atoms with Crippen LogP contribution < -0.4 is 0 Å². The molecule has 0 N–H and O–H groups in total. The Morgan fingerprint density at radius 1 is 1.43 bits per heavy atom. The SMILES string of the molecule is C=C1CC2(C(C)=CCCC2(C)C)C1C. The summed E-state index contributed by atoms with van der Waals surface area (Å²) in [5.41, 5.74) is 3.98. The van der Waals surface area contributed by atoms with Crippen LogP contribution in [0.25, 0.3) is 0 Å². The minimum Gasteiger partial charge on any atom is -0.0995 e.